The van der Waals surface area contributed by atoms with Crippen LogP contribution < -0.4 is 5.73 Å². The number of nitrogens with zero attached hydrogens (tertiary/aromatic N) is 1. The van der Waals surface area contributed by atoms with Crippen LogP contribution in [0.1, 0.15) is 36.0 Å². The van der Waals surface area contributed by atoms with E-state index in [4.69, 9.17) is 5.73 Å². The zero-order valence-electron chi connectivity index (χ0n) is 10.8. The number of phenolic OH excluding ortho intramolecular Hbond substituents is 1. The third kappa shape index (κ3) is 3.04. The van der Waals surface area contributed by atoms with Crippen molar-refractivity contribution in [2.75, 3.05) is 13.1 Å². The summed E-state index contributed by atoms with van der Waals surface area (Å²) in [6.07, 6.45) is 3.88. The van der Waals surface area contributed by atoms with Gasteiger partial charge in [-0.15, -0.1) is 0 Å². The number of rotatable bonds is 2. The second-order valence-electron chi connectivity index (χ2n) is 4.90. The highest BCUT2D eigenvalue weighted by molar-refractivity contribution is 5.97. The smallest absolute Gasteiger partial charge is 0.258 e. The predicted molar refractivity (Wildman–Crippen MR) is 70.4 cm³/mol. The molecule has 1 atom stereocenters. The van der Waals surface area contributed by atoms with Crippen molar-refractivity contribution in [1.82, 2.24) is 4.90 Å². The maximum Gasteiger partial charge on any atom is 0.258 e. The Kier molecular flexibility index (Phi) is 4.37. The van der Waals surface area contributed by atoms with Crippen LogP contribution in [0.15, 0.2) is 18.2 Å². The highest BCUT2D eigenvalue weighted by Gasteiger charge is 2.27. The number of hydrogen-bond donors (Lipinski definition) is 2. The number of carbonyl (C=O) groups excluding carboxylic acids is 1. The molecule has 0 radical (unpaired) electrons. The fourth-order valence-corrected chi connectivity index (χ4v) is 2.52. The normalized spacial score (nSPS) is 20.1. The van der Waals surface area contributed by atoms with Gasteiger partial charge in [0.25, 0.3) is 5.91 Å². The lowest BCUT2D eigenvalue weighted by Gasteiger charge is -2.29. The number of amides is 1. The SMILES string of the molecule is NCC1CCCCCN1C(=O)c1cc(F)ccc1O. The van der Waals surface area contributed by atoms with Crippen LogP contribution in [0.2, 0.25) is 0 Å². The first-order chi connectivity index (χ1) is 9.13. The molecule has 1 unspecified atom stereocenters. The summed E-state index contributed by atoms with van der Waals surface area (Å²) in [5.41, 5.74) is 5.73. The minimum Gasteiger partial charge on any atom is -0.507 e. The van der Waals surface area contributed by atoms with E-state index in [2.05, 4.69) is 0 Å². The lowest BCUT2D eigenvalue weighted by molar-refractivity contribution is 0.0685. The van der Waals surface area contributed by atoms with Crippen molar-refractivity contribution in [2.45, 2.75) is 31.7 Å². The third-order valence-electron chi connectivity index (χ3n) is 3.60. The van der Waals surface area contributed by atoms with Crippen molar-refractivity contribution in [3.63, 3.8) is 0 Å². The summed E-state index contributed by atoms with van der Waals surface area (Å²) in [5.74, 6) is -1.05. The Bertz CT molecular complexity index is 465. The highest BCUT2D eigenvalue weighted by Crippen LogP contribution is 2.24. The molecule has 1 aromatic carbocycles. The molecule has 2 rings (SSSR count). The van der Waals surface area contributed by atoms with Gasteiger partial charge < -0.3 is 15.7 Å². The first kappa shape index (κ1) is 13.8. The van der Waals surface area contributed by atoms with Gasteiger partial charge in [0.2, 0.25) is 0 Å². The van der Waals surface area contributed by atoms with E-state index in [1.807, 2.05) is 0 Å². The van der Waals surface area contributed by atoms with Gasteiger partial charge in [0.05, 0.1) is 5.56 Å². The molecule has 3 N–H and O–H groups in total. The maximum atomic E-state index is 13.2. The van der Waals surface area contributed by atoms with E-state index in [1.54, 1.807) is 4.90 Å². The summed E-state index contributed by atoms with van der Waals surface area (Å²) in [6, 6.07) is 3.39. The molecule has 4 nitrogen and oxygen atoms in total. The first-order valence-electron chi connectivity index (χ1n) is 6.63. The predicted octanol–water partition coefficient (Wildman–Crippen LogP) is 1.87. The molecule has 0 saturated carbocycles. The van der Waals surface area contributed by atoms with E-state index in [0.29, 0.717) is 13.1 Å². The summed E-state index contributed by atoms with van der Waals surface area (Å²) < 4.78 is 13.2. The molecule has 1 aromatic rings. The van der Waals surface area contributed by atoms with Gasteiger partial charge in [0.15, 0.2) is 0 Å². The van der Waals surface area contributed by atoms with Gasteiger partial charge in [-0.3, -0.25) is 4.79 Å². The number of aromatic hydroxyl groups is 1. The fourth-order valence-electron chi connectivity index (χ4n) is 2.52. The molecule has 104 valence electrons. The third-order valence-corrected chi connectivity index (χ3v) is 3.60. The van der Waals surface area contributed by atoms with E-state index in [1.165, 1.54) is 6.07 Å². The first-order valence-corrected chi connectivity index (χ1v) is 6.63. The maximum absolute atomic E-state index is 13.2. The molecule has 1 heterocycles. The van der Waals surface area contributed by atoms with Crippen molar-refractivity contribution >= 4 is 5.91 Å². The van der Waals surface area contributed by atoms with Crippen LogP contribution in [-0.4, -0.2) is 35.0 Å². The highest BCUT2D eigenvalue weighted by atomic mass is 19.1. The number of benzene rings is 1. The Labute approximate surface area is 112 Å². The van der Waals surface area contributed by atoms with Gasteiger partial charge in [0.1, 0.15) is 11.6 Å². The van der Waals surface area contributed by atoms with Gasteiger partial charge in [0, 0.05) is 19.1 Å². The summed E-state index contributed by atoms with van der Waals surface area (Å²) in [4.78, 5) is 14.1. The van der Waals surface area contributed by atoms with Crippen LogP contribution in [0.3, 0.4) is 0 Å². The monoisotopic (exact) mass is 266 g/mol. The molecule has 0 bridgehead atoms. The molecule has 1 fully saturated rings. The molecule has 1 aliphatic heterocycles. The van der Waals surface area contributed by atoms with Crippen LogP contribution in [0, 0.1) is 5.82 Å². The summed E-state index contributed by atoms with van der Waals surface area (Å²) in [6.45, 7) is 0.998. The zero-order valence-corrected chi connectivity index (χ0v) is 10.8. The molecular formula is C14H19FN2O2. The number of phenols is 1. The Hall–Kier alpha value is -1.62. The number of nitrogens with two attached hydrogens (primary N) is 1. The molecule has 1 aliphatic rings. The molecule has 0 aliphatic carbocycles. The summed E-state index contributed by atoms with van der Waals surface area (Å²) in [7, 11) is 0. The van der Waals surface area contributed by atoms with Crippen LogP contribution in [0.5, 0.6) is 5.75 Å². The summed E-state index contributed by atoms with van der Waals surface area (Å²) >= 11 is 0. The summed E-state index contributed by atoms with van der Waals surface area (Å²) in [5, 5.41) is 9.72. The van der Waals surface area contributed by atoms with Gasteiger partial charge in [-0.05, 0) is 31.0 Å². The second-order valence-corrected chi connectivity index (χ2v) is 4.90. The standard InChI is InChI=1S/C14H19FN2O2/c15-10-5-6-13(18)12(8-10)14(19)17-7-3-1-2-4-11(17)9-16/h5-6,8,11,18H,1-4,7,9,16H2. The van der Waals surface area contributed by atoms with Crippen molar-refractivity contribution in [1.29, 1.82) is 0 Å². The van der Waals surface area contributed by atoms with Crippen LogP contribution in [0.4, 0.5) is 4.39 Å². The van der Waals surface area contributed by atoms with Crippen molar-refractivity contribution in [2.24, 2.45) is 5.73 Å². The van der Waals surface area contributed by atoms with Gasteiger partial charge >= 0.3 is 0 Å². The Morgan fingerprint density at radius 3 is 2.95 bits per heavy atom. The Balaban J connectivity index is 2.27. The van der Waals surface area contributed by atoms with E-state index >= 15 is 0 Å². The molecule has 1 saturated heterocycles. The minimum atomic E-state index is -0.528. The van der Waals surface area contributed by atoms with Crippen LogP contribution in [0.25, 0.3) is 0 Å². The molecule has 0 spiro atoms. The molecule has 19 heavy (non-hydrogen) atoms. The average molecular weight is 266 g/mol. The largest absolute Gasteiger partial charge is 0.507 e. The van der Waals surface area contributed by atoms with Crippen LogP contribution in [-0.2, 0) is 0 Å². The number of likely N-dealkylation sites (tertiary alicyclic amines) is 1. The average Bonchev–Trinajstić information content (AvgIpc) is 2.65. The van der Waals surface area contributed by atoms with Crippen molar-refractivity contribution in [3.05, 3.63) is 29.6 Å². The van der Waals surface area contributed by atoms with Gasteiger partial charge in [-0.25, -0.2) is 4.39 Å². The topological polar surface area (TPSA) is 66.6 Å². The van der Waals surface area contributed by atoms with Crippen molar-refractivity contribution < 1.29 is 14.3 Å². The quantitative estimate of drug-likeness (QED) is 0.858. The van der Waals surface area contributed by atoms with Crippen LogP contribution >= 0.6 is 0 Å². The lowest BCUT2D eigenvalue weighted by Crippen LogP contribution is -2.44. The minimum absolute atomic E-state index is 0.0142. The Morgan fingerprint density at radius 1 is 1.42 bits per heavy atom. The molecular weight excluding hydrogens is 247 g/mol. The van der Waals surface area contributed by atoms with E-state index in [9.17, 15) is 14.3 Å². The number of carbonyl (C=O) groups is 1. The number of hydrogen-bond acceptors (Lipinski definition) is 3. The second kappa shape index (κ2) is 6.02. The number of halogens is 1. The van der Waals surface area contributed by atoms with E-state index in [-0.39, 0.29) is 23.3 Å². The Morgan fingerprint density at radius 2 is 2.21 bits per heavy atom. The van der Waals surface area contributed by atoms with E-state index < -0.39 is 5.82 Å². The molecule has 0 aromatic heterocycles. The lowest BCUT2D eigenvalue weighted by atomic mass is 10.1. The zero-order chi connectivity index (χ0) is 13.8. The van der Waals surface area contributed by atoms with Crippen molar-refractivity contribution in [3.8, 4) is 5.75 Å². The fraction of sp³-hybridized carbons (Fsp3) is 0.500. The van der Waals surface area contributed by atoms with Gasteiger partial charge in [-0.2, -0.15) is 0 Å². The van der Waals surface area contributed by atoms with E-state index in [0.717, 1.165) is 37.8 Å². The van der Waals surface area contributed by atoms with Gasteiger partial charge in [-0.1, -0.05) is 12.8 Å². The molecule has 5 heteroatoms. The molecule has 1 amide bonds.